The van der Waals surface area contributed by atoms with Crippen molar-refractivity contribution in [1.82, 2.24) is 0 Å². The Morgan fingerprint density at radius 1 is 0.491 bits per heavy atom. The smallest absolute Gasteiger partial charge is 0.392 e. The van der Waals surface area contributed by atoms with Gasteiger partial charge in [-0.15, -0.1) is 24.3 Å². The molecule has 8 atom stereocenters. The van der Waals surface area contributed by atoms with Crippen LogP contribution in [0.4, 0.5) is 0 Å². The Bertz CT molecular complexity index is 1450. The first-order valence-corrected chi connectivity index (χ1v) is 22.4. The summed E-state index contributed by atoms with van der Waals surface area (Å²) in [5, 5.41) is 22.9. The van der Waals surface area contributed by atoms with E-state index in [9.17, 15) is 10.2 Å². The molecule has 0 aliphatic heterocycles. The van der Waals surface area contributed by atoms with Crippen molar-refractivity contribution in [2.75, 3.05) is 23.0 Å². The van der Waals surface area contributed by atoms with Crippen molar-refractivity contribution in [3.8, 4) is 0 Å². The first-order valence-electron chi connectivity index (χ1n) is 20.1. The summed E-state index contributed by atoms with van der Waals surface area (Å²) in [6, 6.07) is 41.1. The molecule has 296 valence electrons. The number of rotatable bonds is 9. The summed E-state index contributed by atoms with van der Waals surface area (Å²) in [4.78, 5) is 0. The Morgan fingerprint density at radius 3 is 1.04 bits per heavy atom. The number of hydrogen-bond donors (Lipinski definition) is 2. The van der Waals surface area contributed by atoms with E-state index in [-0.39, 0.29) is 61.1 Å². The first-order chi connectivity index (χ1) is 25.7. The van der Waals surface area contributed by atoms with E-state index in [1.54, 1.807) is 0 Å². The molecule has 2 nitrogen and oxygen atoms in total. The summed E-state index contributed by atoms with van der Waals surface area (Å²) in [6.07, 6.45) is 3.88. The predicted octanol–water partition coefficient (Wildman–Crippen LogP) is 12.6. The molecule has 2 aliphatic carbocycles. The fourth-order valence-corrected chi connectivity index (χ4v) is 10.7. The van der Waals surface area contributed by atoms with Crippen molar-refractivity contribution in [3.63, 3.8) is 0 Å². The fourth-order valence-electron chi connectivity index (χ4n) is 8.11. The zero-order valence-corrected chi connectivity index (χ0v) is 38.5. The number of aliphatic hydroxyl groups is 2. The van der Waals surface area contributed by atoms with Crippen molar-refractivity contribution < 1.29 is 36.4 Å². The van der Waals surface area contributed by atoms with Crippen LogP contribution < -0.4 is 0 Å². The van der Waals surface area contributed by atoms with E-state index in [4.69, 9.17) is 0 Å². The van der Waals surface area contributed by atoms with Crippen LogP contribution in [0.25, 0.3) is 0 Å². The van der Waals surface area contributed by atoms with Gasteiger partial charge in [-0.05, 0) is 82.8 Å². The van der Waals surface area contributed by atoms with E-state index in [1.807, 2.05) is 84.2 Å². The fraction of sp³-hybridized carbons (Fsp3) is 0.480. The summed E-state index contributed by atoms with van der Waals surface area (Å²) in [7, 11) is 0. The molecule has 0 saturated heterocycles. The minimum absolute atomic E-state index is 0. The van der Waals surface area contributed by atoms with Crippen LogP contribution in [0.15, 0.2) is 121 Å². The van der Waals surface area contributed by atoms with Gasteiger partial charge in [-0.3, -0.25) is 0 Å². The van der Waals surface area contributed by atoms with Gasteiger partial charge in [0.15, 0.2) is 0 Å². The van der Waals surface area contributed by atoms with Gasteiger partial charge in [0, 0.05) is 23.3 Å². The predicted molar refractivity (Wildman–Crippen MR) is 238 cm³/mol. The molecule has 0 amide bonds. The van der Waals surface area contributed by atoms with E-state index < -0.39 is 0 Å². The van der Waals surface area contributed by atoms with Crippen LogP contribution in [0.1, 0.15) is 101 Å². The van der Waals surface area contributed by atoms with Gasteiger partial charge in [-0.2, -0.15) is 72.8 Å². The quantitative estimate of drug-likeness (QED) is 0.130. The summed E-state index contributed by atoms with van der Waals surface area (Å²) in [6.45, 7) is 21.6. The SMILES string of the molecule is CC(C)(C)C1CC(CSCCSCC2CC(C(C)(C)C)CC(c3ccccc3)C2O)C(O)C(c2ccccc2)C1.[CH2-]c1ccccc1.[CH2-]c1ccccc1.[Zr+2]. The molecule has 2 fully saturated rings. The minimum Gasteiger partial charge on any atom is -0.392 e. The van der Waals surface area contributed by atoms with Crippen LogP contribution in [0.2, 0.25) is 0 Å². The van der Waals surface area contributed by atoms with Crippen molar-refractivity contribution >= 4 is 23.5 Å². The van der Waals surface area contributed by atoms with Crippen LogP contribution in [-0.4, -0.2) is 45.4 Å². The second-order valence-corrected chi connectivity index (χ2v) is 20.0. The average Bonchev–Trinajstić information content (AvgIpc) is 3.15. The molecule has 0 spiro atoms. The average molecular weight is 856 g/mol. The van der Waals surface area contributed by atoms with Gasteiger partial charge in [-0.1, -0.05) is 114 Å². The first kappa shape index (κ1) is 47.5. The van der Waals surface area contributed by atoms with Gasteiger partial charge in [0.2, 0.25) is 0 Å². The van der Waals surface area contributed by atoms with Gasteiger partial charge in [0.25, 0.3) is 0 Å². The second-order valence-electron chi connectivity index (χ2n) is 17.7. The van der Waals surface area contributed by atoms with Gasteiger partial charge in [0.1, 0.15) is 0 Å². The third-order valence-electron chi connectivity index (χ3n) is 11.7. The summed E-state index contributed by atoms with van der Waals surface area (Å²) in [5.74, 6) is 6.70. The molecule has 0 heterocycles. The summed E-state index contributed by atoms with van der Waals surface area (Å²) < 4.78 is 0. The Balaban J connectivity index is 0.000000450. The maximum atomic E-state index is 11.4. The Labute approximate surface area is 363 Å². The van der Waals surface area contributed by atoms with E-state index in [1.165, 1.54) is 11.1 Å². The van der Waals surface area contributed by atoms with Gasteiger partial charge >= 0.3 is 26.2 Å². The third kappa shape index (κ3) is 15.8. The van der Waals surface area contributed by atoms with Crippen LogP contribution in [0.3, 0.4) is 0 Å². The topological polar surface area (TPSA) is 40.5 Å². The maximum Gasteiger partial charge on any atom is 2.00 e. The molecule has 8 unspecified atom stereocenters. The molecule has 2 saturated carbocycles. The third-order valence-corrected chi connectivity index (χ3v) is 14.2. The van der Waals surface area contributed by atoms with Crippen molar-refractivity contribution in [1.29, 1.82) is 0 Å². The van der Waals surface area contributed by atoms with Crippen LogP contribution in [0, 0.1) is 48.3 Å². The molecule has 4 aromatic rings. The Kier molecular flexibility index (Phi) is 20.3. The van der Waals surface area contributed by atoms with Crippen LogP contribution in [-0.2, 0) is 26.2 Å². The zero-order chi connectivity index (χ0) is 39.1. The number of aliphatic hydroxyl groups excluding tert-OH is 2. The maximum absolute atomic E-state index is 11.4. The summed E-state index contributed by atoms with van der Waals surface area (Å²) >= 11 is 4.04. The molecule has 0 bridgehead atoms. The summed E-state index contributed by atoms with van der Waals surface area (Å²) in [5.41, 5.74) is 5.25. The largest absolute Gasteiger partial charge is 2.00 e. The Morgan fingerprint density at radius 2 is 0.782 bits per heavy atom. The standard InChI is InChI=1S/C36H54O2S2.2C7H7.Zr/c1-35(2,3)29-19-27(33(37)31(21-29)25-13-9-7-10-14-25)23-39-17-18-40-24-28-20-30(36(4,5)6)22-32(34(28)38)26-15-11-8-12-16-26;2*1-7-5-3-2-4-6-7;/h7-16,27-34,37-38H,17-24H2,1-6H3;2*2-6H,1H2;/q;2*-1;+2. The number of thioether (sulfide) groups is 2. The minimum atomic E-state index is -0.261. The van der Waals surface area contributed by atoms with Crippen molar-refractivity contribution in [3.05, 3.63) is 157 Å². The van der Waals surface area contributed by atoms with E-state index in [2.05, 4.69) is 116 Å². The molecule has 4 aromatic carbocycles. The van der Waals surface area contributed by atoms with Crippen LogP contribution in [0.5, 0.6) is 0 Å². The van der Waals surface area contributed by atoms with Crippen molar-refractivity contribution in [2.45, 2.75) is 91.3 Å². The normalized spacial score (nSPS) is 25.2. The van der Waals surface area contributed by atoms with Gasteiger partial charge in [0.05, 0.1) is 12.2 Å². The zero-order valence-electron chi connectivity index (χ0n) is 34.4. The molecule has 2 aliphatic rings. The molecule has 55 heavy (non-hydrogen) atoms. The van der Waals surface area contributed by atoms with E-state index in [0.29, 0.717) is 23.7 Å². The van der Waals surface area contributed by atoms with Gasteiger partial charge < -0.3 is 10.2 Å². The molecule has 0 radical (unpaired) electrons. The Hall–Kier alpha value is -1.88. The molecular formula is C50H68O2S2Zr. The van der Waals surface area contributed by atoms with E-state index >= 15 is 0 Å². The van der Waals surface area contributed by atoms with Crippen molar-refractivity contribution in [2.24, 2.45) is 34.5 Å². The molecule has 5 heteroatoms. The van der Waals surface area contributed by atoms with Crippen LogP contribution >= 0.6 is 23.5 Å². The monoisotopic (exact) mass is 854 g/mol. The molecular weight excluding hydrogens is 788 g/mol. The number of benzene rings is 4. The molecule has 2 N–H and O–H groups in total. The molecule has 6 rings (SSSR count). The number of hydrogen-bond acceptors (Lipinski definition) is 4. The van der Waals surface area contributed by atoms with Gasteiger partial charge in [-0.25, -0.2) is 0 Å². The molecule has 0 aromatic heterocycles. The second kappa shape index (κ2) is 23.5. The van der Waals surface area contributed by atoms with E-state index in [0.717, 1.165) is 59.8 Å².